The van der Waals surface area contributed by atoms with Gasteiger partial charge in [-0.3, -0.25) is 9.59 Å². The van der Waals surface area contributed by atoms with Gasteiger partial charge in [-0.2, -0.15) is 0 Å². The predicted octanol–water partition coefficient (Wildman–Crippen LogP) is 3.05. The number of ether oxygens (including phenoxy) is 1. The van der Waals surface area contributed by atoms with Crippen molar-refractivity contribution in [3.05, 3.63) is 59.7 Å². The average molecular weight is 408 g/mol. The number of likely N-dealkylation sites (tertiary alicyclic amines) is 2. The van der Waals surface area contributed by atoms with E-state index in [4.69, 9.17) is 4.74 Å². The molecule has 2 aliphatic rings. The molecule has 30 heavy (non-hydrogen) atoms. The van der Waals surface area contributed by atoms with E-state index in [9.17, 15) is 9.59 Å². The van der Waals surface area contributed by atoms with Gasteiger partial charge in [0.25, 0.3) is 5.91 Å². The zero-order valence-corrected chi connectivity index (χ0v) is 18.0. The molecule has 2 saturated heterocycles. The van der Waals surface area contributed by atoms with Gasteiger partial charge in [-0.1, -0.05) is 12.1 Å². The zero-order valence-electron chi connectivity index (χ0n) is 18.0. The van der Waals surface area contributed by atoms with Gasteiger partial charge in [0.1, 0.15) is 5.75 Å². The molecule has 0 spiro atoms. The van der Waals surface area contributed by atoms with Crippen LogP contribution in [0.1, 0.15) is 28.9 Å². The fourth-order valence-electron chi connectivity index (χ4n) is 4.85. The van der Waals surface area contributed by atoms with Crippen LogP contribution in [0.4, 0.5) is 5.69 Å². The first-order chi connectivity index (χ1) is 14.4. The van der Waals surface area contributed by atoms with Gasteiger partial charge in [-0.25, -0.2) is 0 Å². The summed E-state index contributed by atoms with van der Waals surface area (Å²) in [6.45, 7) is 3.68. The molecule has 2 aromatic rings. The third-order valence-corrected chi connectivity index (χ3v) is 6.44. The van der Waals surface area contributed by atoms with Gasteiger partial charge in [-0.15, -0.1) is 0 Å². The maximum absolute atomic E-state index is 13.1. The Morgan fingerprint density at radius 2 is 1.63 bits per heavy atom. The zero-order chi connectivity index (χ0) is 21.4. The molecule has 6 heteroatoms. The molecule has 2 heterocycles. The molecule has 0 saturated carbocycles. The SMILES string of the molecule is COc1ccc([C@H]2[C@@H]3CN(C(=O)c4ccc(N(C)C)cc4)C[C@@H]3CN2C(C)=O)cc1. The van der Waals surface area contributed by atoms with E-state index in [1.54, 1.807) is 14.0 Å². The van der Waals surface area contributed by atoms with Crippen LogP contribution in [0.3, 0.4) is 0 Å². The average Bonchev–Trinajstić information content (AvgIpc) is 3.31. The number of carbonyl (C=O) groups excluding carboxylic acids is 2. The van der Waals surface area contributed by atoms with Crippen LogP contribution in [0.2, 0.25) is 0 Å². The summed E-state index contributed by atoms with van der Waals surface area (Å²) in [5.74, 6) is 1.49. The van der Waals surface area contributed by atoms with E-state index < -0.39 is 0 Å². The second-order valence-electron chi connectivity index (χ2n) is 8.46. The maximum Gasteiger partial charge on any atom is 0.253 e. The summed E-state index contributed by atoms with van der Waals surface area (Å²) in [6, 6.07) is 15.7. The van der Waals surface area contributed by atoms with Crippen LogP contribution in [-0.2, 0) is 4.79 Å². The minimum absolute atomic E-state index is 0.00711. The Labute approximate surface area is 178 Å². The second-order valence-corrected chi connectivity index (χ2v) is 8.46. The molecule has 0 N–H and O–H groups in total. The highest BCUT2D eigenvalue weighted by molar-refractivity contribution is 5.94. The Morgan fingerprint density at radius 1 is 0.967 bits per heavy atom. The number of rotatable bonds is 4. The van der Waals surface area contributed by atoms with Crippen molar-refractivity contribution < 1.29 is 14.3 Å². The van der Waals surface area contributed by atoms with Gasteiger partial charge < -0.3 is 19.4 Å². The first kappa shape index (κ1) is 20.3. The number of fused-ring (bicyclic) bond motifs is 1. The molecule has 0 radical (unpaired) electrons. The predicted molar refractivity (Wildman–Crippen MR) is 117 cm³/mol. The van der Waals surface area contributed by atoms with Gasteiger partial charge in [0.15, 0.2) is 0 Å². The van der Waals surface area contributed by atoms with Crippen LogP contribution >= 0.6 is 0 Å². The lowest BCUT2D eigenvalue weighted by Crippen LogP contribution is -2.36. The lowest BCUT2D eigenvalue weighted by Gasteiger charge is -2.29. The van der Waals surface area contributed by atoms with Crippen LogP contribution in [0.5, 0.6) is 5.75 Å². The third kappa shape index (κ3) is 3.62. The molecular formula is C24H29N3O3. The van der Waals surface area contributed by atoms with Crippen LogP contribution in [-0.4, -0.2) is 62.5 Å². The van der Waals surface area contributed by atoms with E-state index in [-0.39, 0.29) is 23.8 Å². The molecule has 0 aromatic heterocycles. The fraction of sp³-hybridized carbons (Fsp3) is 0.417. The number of hydrogen-bond acceptors (Lipinski definition) is 4. The summed E-state index contributed by atoms with van der Waals surface area (Å²) in [4.78, 5) is 31.4. The van der Waals surface area contributed by atoms with Gasteiger partial charge in [-0.05, 0) is 42.0 Å². The molecule has 2 amide bonds. The number of nitrogens with zero attached hydrogens (tertiary/aromatic N) is 3. The molecule has 0 unspecified atom stereocenters. The lowest BCUT2D eigenvalue weighted by molar-refractivity contribution is -0.130. The maximum atomic E-state index is 13.1. The van der Waals surface area contributed by atoms with Crippen molar-refractivity contribution in [2.24, 2.45) is 11.8 Å². The Kier molecular flexibility index (Phi) is 5.41. The topological polar surface area (TPSA) is 53.1 Å². The number of methoxy groups -OCH3 is 1. The quantitative estimate of drug-likeness (QED) is 0.782. The number of benzene rings is 2. The Balaban J connectivity index is 1.54. The van der Waals surface area contributed by atoms with E-state index in [1.165, 1.54) is 0 Å². The van der Waals surface area contributed by atoms with Crippen molar-refractivity contribution in [2.75, 3.05) is 45.7 Å². The summed E-state index contributed by atoms with van der Waals surface area (Å²) >= 11 is 0. The minimum atomic E-state index is -0.00711. The molecule has 2 aliphatic heterocycles. The highest BCUT2D eigenvalue weighted by atomic mass is 16.5. The summed E-state index contributed by atoms with van der Waals surface area (Å²) in [5, 5.41) is 0. The van der Waals surface area contributed by atoms with Crippen molar-refractivity contribution in [3.63, 3.8) is 0 Å². The summed E-state index contributed by atoms with van der Waals surface area (Å²) < 4.78 is 5.28. The van der Waals surface area contributed by atoms with Crippen LogP contribution in [0, 0.1) is 11.8 Å². The van der Waals surface area contributed by atoms with E-state index >= 15 is 0 Å². The highest BCUT2D eigenvalue weighted by Gasteiger charge is 2.49. The summed E-state index contributed by atoms with van der Waals surface area (Å²) in [5.41, 5.74) is 2.88. The van der Waals surface area contributed by atoms with Gasteiger partial charge >= 0.3 is 0 Å². The summed E-state index contributed by atoms with van der Waals surface area (Å²) in [6.07, 6.45) is 0. The molecule has 4 rings (SSSR count). The van der Waals surface area contributed by atoms with E-state index in [0.717, 1.165) is 17.0 Å². The van der Waals surface area contributed by atoms with Crippen molar-refractivity contribution in [1.29, 1.82) is 0 Å². The third-order valence-electron chi connectivity index (χ3n) is 6.44. The minimum Gasteiger partial charge on any atom is -0.497 e. The molecule has 158 valence electrons. The largest absolute Gasteiger partial charge is 0.497 e. The molecular weight excluding hydrogens is 378 g/mol. The standard InChI is InChI=1S/C24H29N3O3/c1-16(28)27-14-19-13-26(24(29)18-5-9-20(10-6-18)25(2)3)15-22(19)23(27)17-7-11-21(30-4)12-8-17/h5-12,19,22-23H,13-15H2,1-4H3/t19-,22-,23+/m1/s1. The van der Waals surface area contributed by atoms with Crippen molar-refractivity contribution in [2.45, 2.75) is 13.0 Å². The Bertz CT molecular complexity index is 924. The highest BCUT2D eigenvalue weighted by Crippen LogP contribution is 2.45. The fourth-order valence-corrected chi connectivity index (χ4v) is 4.85. The van der Waals surface area contributed by atoms with Gasteiger partial charge in [0.2, 0.25) is 5.91 Å². The van der Waals surface area contributed by atoms with Crippen molar-refractivity contribution in [3.8, 4) is 5.75 Å². The van der Waals surface area contributed by atoms with Gasteiger partial charge in [0, 0.05) is 63.7 Å². The summed E-state index contributed by atoms with van der Waals surface area (Å²) in [7, 11) is 5.62. The molecule has 0 aliphatic carbocycles. The van der Waals surface area contributed by atoms with Crippen LogP contribution in [0.25, 0.3) is 0 Å². The Morgan fingerprint density at radius 3 is 2.20 bits per heavy atom. The van der Waals surface area contributed by atoms with Crippen molar-refractivity contribution in [1.82, 2.24) is 9.80 Å². The monoisotopic (exact) mass is 407 g/mol. The molecule has 6 nitrogen and oxygen atoms in total. The number of amides is 2. The lowest BCUT2D eigenvalue weighted by atomic mass is 9.89. The number of anilines is 1. The van der Waals surface area contributed by atoms with Crippen LogP contribution in [0.15, 0.2) is 48.5 Å². The molecule has 2 fully saturated rings. The smallest absolute Gasteiger partial charge is 0.253 e. The molecule has 3 atom stereocenters. The number of hydrogen-bond donors (Lipinski definition) is 0. The Hall–Kier alpha value is -3.02. The first-order valence-electron chi connectivity index (χ1n) is 10.4. The van der Waals surface area contributed by atoms with E-state index in [0.29, 0.717) is 31.1 Å². The van der Waals surface area contributed by atoms with Crippen LogP contribution < -0.4 is 9.64 Å². The van der Waals surface area contributed by atoms with E-state index in [1.807, 2.05) is 77.3 Å². The van der Waals surface area contributed by atoms with Crippen molar-refractivity contribution >= 4 is 17.5 Å². The second kappa shape index (κ2) is 8.01. The molecule has 2 aromatic carbocycles. The van der Waals surface area contributed by atoms with Gasteiger partial charge in [0.05, 0.1) is 13.2 Å². The first-order valence-corrected chi connectivity index (χ1v) is 10.4. The molecule has 0 bridgehead atoms. The van der Waals surface area contributed by atoms with E-state index in [2.05, 4.69) is 0 Å². The number of carbonyl (C=O) groups is 2. The normalized spacial score (nSPS) is 22.7.